The number of carbonyl (C=O) groups excluding carboxylic acids is 3. The molecule has 0 fully saturated rings. The lowest BCUT2D eigenvalue weighted by molar-refractivity contribution is -0.167. The number of carbonyl (C=O) groups is 3. The molecule has 0 spiro atoms. The van der Waals surface area contributed by atoms with E-state index < -0.39 is 31.1 Å². The van der Waals surface area contributed by atoms with Crippen molar-refractivity contribution in [3.8, 4) is 0 Å². The van der Waals surface area contributed by atoms with Crippen LogP contribution in [-0.4, -0.2) is 40.6 Å². The number of ether oxygens (including phenoxy) is 1. The molecule has 0 rings (SSSR count). The van der Waals surface area contributed by atoms with Gasteiger partial charge in [-0.15, -0.1) is 0 Å². The van der Waals surface area contributed by atoms with Crippen LogP contribution in [0.3, 0.4) is 0 Å². The summed E-state index contributed by atoms with van der Waals surface area (Å²) in [6.45, 7) is 1.40. The molecule has 0 heterocycles. The number of rotatable bonds is 16. The van der Waals surface area contributed by atoms with Gasteiger partial charge in [-0.3, -0.25) is 9.59 Å². The lowest BCUT2D eigenvalue weighted by Gasteiger charge is -2.06. The van der Waals surface area contributed by atoms with Crippen molar-refractivity contribution in [2.45, 2.75) is 96.5 Å². The van der Waals surface area contributed by atoms with Gasteiger partial charge >= 0.3 is 11.9 Å². The first kappa shape index (κ1) is 23.7. The molecule has 0 bridgehead atoms. The minimum absolute atomic E-state index is 0.271. The Balaban J connectivity index is 3.49. The number of aliphatic hydroxyl groups is 2. The van der Waals surface area contributed by atoms with Crippen LogP contribution in [0.25, 0.3) is 0 Å². The van der Waals surface area contributed by atoms with Gasteiger partial charge in [0.25, 0.3) is 0 Å². The first-order chi connectivity index (χ1) is 12.0. The van der Waals surface area contributed by atoms with Crippen molar-refractivity contribution >= 4 is 17.7 Å². The van der Waals surface area contributed by atoms with E-state index in [1.165, 1.54) is 51.4 Å². The van der Waals surface area contributed by atoms with Crippen molar-refractivity contribution in [3.63, 3.8) is 0 Å². The van der Waals surface area contributed by atoms with Crippen molar-refractivity contribution in [2.75, 3.05) is 6.61 Å². The Labute approximate surface area is 150 Å². The van der Waals surface area contributed by atoms with E-state index in [-0.39, 0.29) is 5.78 Å². The van der Waals surface area contributed by atoms with Crippen molar-refractivity contribution in [2.24, 2.45) is 0 Å². The number of aliphatic hydroxyl groups excluding tert-OH is 2. The van der Waals surface area contributed by atoms with E-state index in [0.717, 1.165) is 19.3 Å². The van der Waals surface area contributed by atoms with Crippen molar-refractivity contribution in [1.82, 2.24) is 0 Å². The molecule has 0 aliphatic carbocycles. The van der Waals surface area contributed by atoms with E-state index in [4.69, 9.17) is 10.2 Å². The molecule has 146 valence electrons. The zero-order valence-corrected chi connectivity index (χ0v) is 15.5. The van der Waals surface area contributed by atoms with Crippen LogP contribution in [0.15, 0.2) is 0 Å². The zero-order valence-electron chi connectivity index (χ0n) is 15.5. The summed E-state index contributed by atoms with van der Waals surface area (Å²) in [4.78, 5) is 34.0. The van der Waals surface area contributed by atoms with E-state index in [1.807, 2.05) is 0 Å². The van der Waals surface area contributed by atoms with Gasteiger partial charge in [-0.05, 0) is 6.42 Å². The van der Waals surface area contributed by atoms with Crippen LogP contribution in [0.2, 0.25) is 0 Å². The summed E-state index contributed by atoms with van der Waals surface area (Å²) in [5, 5.41) is 17.5. The highest BCUT2D eigenvalue weighted by atomic mass is 16.6. The van der Waals surface area contributed by atoms with E-state index in [0.29, 0.717) is 6.42 Å². The van der Waals surface area contributed by atoms with Gasteiger partial charge in [0, 0.05) is 6.42 Å². The molecule has 25 heavy (non-hydrogen) atoms. The molecular weight excluding hydrogens is 324 g/mol. The van der Waals surface area contributed by atoms with E-state index in [2.05, 4.69) is 11.7 Å². The maximum Gasteiger partial charge on any atom is 0.345 e. The van der Waals surface area contributed by atoms with Gasteiger partial charge < -0.3 is 14.9 Å². The average molecular weight is 358 g/mol. The number of esters is 2. The lowest BCUT2D eigenvalue weighted by atomic mass is 10.0. The Kier molecular flexibility index (Phi) is 15.4. The monoisotopic (exact) mass is 358 g/mol. The maximum atomic E-state index is 11.6. The molecular formula is C19H34O6. The highest BCUT2D eigenvalue weighted by molar-refractivity contribution is 5.99. The van der Waals surface area contributed by atoms with Crippen LogP contribution in [0.4, 0.5) is 0 Å². The number of hydrogen-bond donors (Lipinski definition) is 2. The third-order valence-electron chi connectivity index (χ3n) is 4.06. The van der Waals surface area contributed by atoms with Crippen LogP contribution >= 0.6 is 0 Å². The Morgan fingerprint density at radius 3 is 1.80 bits per heavy atom. The van der Waals surface area contributed by atoms with E-state index >= 15 is 0 Å². The number of unbranched alkanes of at least 4 members (excludes halogenated alkanes) is 10. The zero-order chi connectivity index (χ0) is 18.9. The van der Waals surface area contributed by atoms with Gasteiger partial charge in [0.2, 0.25) is 0 Å². The summed E-state index contributed by atoms with van der Waals surface area (Å²) in [7, 11) is 0. The molecule has 2 N–H and O–H groups in total. The fraction of sp³-hybridized carbons (Fsp3) is 0.842. The predicted octanol–water partition coefficient (Wildman–Crippen LogP) is 3.07. The third-order valence-corrected chi connectivity index (χ3v) is 4.06. The maximum absolute atomic E-state index is 11.6. The van der Waals surface area contributed by atoms with Crippen molar-refractivity contribution in [1.29, 1.82) is 0 Å². The van der Waals surface area contributed by atoms with E-state index in [1.54, 1.807) is 0 Å². The van der Waals surface area contributed by atoms with Gasteiger partial charge in [-0.2, -0.15) is 0 Å². The SMILES string of the molecule is CCCCCCCCCCCCCC(=O)CC(=O)OC(=O)C(O)CO. The normalized spacial score (nSPS) is 12.0. The van der Waals surface area contributed by atoms with Crippen molar-refractivity contribution in [3.05, 3.63) is 0 Å². The smallest absolute Gasteiger partial charge is 0.345 e. The molecule has 0 radical (unpaired) electrons. The molecule has 0 aromatic carbocycles. The van der Waals surface area contributed by atoms with E-state index in [9.17, 15) is 14.4 Å². The minimum atomic E-state index is -1.74. The second-order valence-corrected chi connectivity index (χ2v) is 6.49. The molecule has 0 aliphatic heterocycles. The van der Waals surface area contributed by atoms with Gasteiger partial charge in [-0.25, -0.2) is 4.79 Å². The van der Waals surface area contributed by atoms with Crippen molar-refractivity contribution < 1.29 is 29.3 Å². The standard InChI is InChI=1S/C19H34O6/c1-2-3-4-5-6-7-8-9-10-11-12-13-16(21)14-18(23)25-19(24)17(22)15-20/h17,20,22H,2-15H2,1H3. The molecule has 6 nitrogen and oxygen atoms in total. The molecule has 0 aromatic rings. The summed E-state index contributed by atoms with van der Waals surface area (Å²) in [6.07, 6.45) is 11.1. The van der Waals surface area contributed by atoms with Crippen LogP contribution in [-0.2, 0) is 19.1 Å². The highest BCUT2D eigenvalue weighted by Gasteiger charge is 2.20. The predicted molar refractivity (Wildman–Crippen MR) is 94.9 cm³/mol. The summed E-state index contributed by atoms with van der Waals surface area (Å²) in [5.74, 6) is -2.48. The molecule has 1 atom stereocenters. The third kappa shape index (κ3) is 14.8. The minimum Gasteiger partial charge on any atom is -0.393 e. The number of Topliss-reactive ketones (excluding diaryl/α,β-unsaturated/α-hetero) is 1. The van der Waals surface area contributed by atoms with Gasteiger partial charge in [0.15, 0.2) is 6.10 Å². The van der Waals surface area contributed by atoms with Gasteiger partial charge in [-0.1, -0.05) is 71.1 Å². The molecule has 0 saturated heterocycles. The summed E-state index contributed by atoms with van der Waals surface area (Å²) >= 11 is 0. The second kappa shape index (κ2) is 16.2. The average Bonchev–Trinajstić information content (AvgIpc) is 2.58. The summed E-state index contributed by atoms with van der Waals surface area (Å²) in [6, 6.07) is 0. The van der Waals surface area contributed by atoms with Crippen LogP contribution < -0.4 is 0 Å². The largest absolute Gasteiger partial charge is 0.393 e. The molecule has 1 unspecified atom stereocenters. The highest BCUT2D eigenvalue weighted by Crippen LogP contribution is 2.12. The molecule has 0 saturated carbocycles. The van der Waals surface area contributed by atoms with Gasteiger partial charge in [0.05, 0.1) is 6.61 Å². The quantitative estimate of drug-likeness (QED) is 0.250. The Bertz CT molecular complexity index is 380. The second-order valence-electron chi connectivity index (χ2n) is 6.49. The van der Waals surface area contributed by atoms with Crippen LogP contribution in [0, 0.1) is 0 Å². The summed E-state index contributed by atoms with van der Waals surface area (Å²) in [5.41, 5.74) is 0. The fourth-order valence-electron chi connectivity index (χ4n) is 2.53. The van der Waals surface area contributed by atoms with Crippen LogP contribution in [0.5, 0.6) is 0 Å². The summed E-state index contributed by atoms with van der Waals surface area (Å²) < 4.78 is 4.27. The molecule has 0 aromatic heterocycles. The number of hydrogen-bond acceptors (Lipinski definition) is 6. The lowest BCUT2D eigenvalue weighted by Crippen LogP contribution is -2.29. The first-order valence-electron chi connectivity index (χ1n) is 9.56. The Hall–Kier alpha value is -1.27. The van der Waals surface area contributed by atoms with Crippen LogP contribution in [0.1, 0.15) is 90.4 Å². The Morgan fingerprint density at radius 2 is 1.32 bits per heavy atom. The fourth-order valence-corrected chi connectivity index (χ4v) is 2.53. The Morgan fingerprint density at radius 1 is 0.840 bits per heavy atom. The molecule has 6 heteroatoms. The number of ketones is 1. The first-order valence-corrected chi connectivity index (χ1v) is 9.56. The molecule has 0 aliphatic rings. The van der Waals surface area contributed by atoms with Gasteiger partial charge in [0.1, 0.15) is 12.2 Å². The topological polar surface area (TPSA) is 101 Å². The molecule has 0 amide bonds.